The van der Waals surface area contributed by atoms with Crippen LogP contribution in [0.25, 0.3) is 0 Å². The van der Waals surface area contributed by atoms with Crippen molar-refractivity contribution >= 4 is 5.69 Å². The fraction of sp³-hybridized carbons (Fsp3) is 0.333. The largest absolute Gasteiger partial charge is 0.391 e. The van der Waals surface area contributed by atoms with Crippen molar-refractivity contribution in [2.24, 2.45) is 0 Å². The van der Waals surface area contributed by atoms with Crippen molar-refractivity contribution in [1.82, 2.24) is 4.90 Å². The van der Waals surface area contributed by atoms with Crippen LogP contribution in [-0.2, 0) is 6.54 Å². The molecule has 0 aliphatic rings. The van der Waals surface area contributed by atoms with Crippen molar-refractivity contribution in [3.05, 3.63) is 75.8 Å². The Bertz CT molecular complexity index is 646. The SMILES string of the molecule is CC(c1ccccc1)C(O)CN(C)Cc1ccccc1[N+](=O)[O-]. The van der Waals surface area contributed by atoms with Gasteiger partial charge in [-0.25, -0.2) is 0 Å². The van der Waals surface area contributed by atoms with E-state index < -0.39 is 6.10 Å². The molecule has 0 amide bonds. The molecule has 122 valence electrons. The second kappa shape index (κ2) is 7.85. The molecule has 0 saturated heterocycles. The Balaban J connectivity index is 1.99. The normalized spacial score (nSPS) is 13.7. The molecule has 0 bridgehead atoms. The topological polar surface area (TPSA) is 66.6 Å². The van der Waals surface area contributed by atoms with Gasteiger partial charge in [-0.2, -0.15) is 0 Å². The second-order valence-corrected chi connectivity index (χ2v) is 5.85. The fourth-order valence-corrected chi connectivity index (χ4v) is 2.63. The van der Waals surface area contributed by atoms with Gasteiger partial charge in [0.15, 0.2) is 0 Å². The molecule has 2 unspecified atom stereocenters. The van der Waals surface area contributed by atoms with Crippen molar-refractivity contribution < 1.29 is 10.0 Å². The summed E-state index contributed by atoms with van der Waals surface area (Å²) in [6.07, 6.45) is -0.537. The van der Waals surface area contributed by atoms with Crippen LogP contribution in [0.3, 0.4) is 0 Å². The molecule has 2 atom stereocenters. The van der Waals surface area contributed by atoms with Crippen molar-refractivity contribution in [1.29, 1.82) is 0 Å². The first kappa shape index (κ1) is 17.1. The van der Waals surface area contributed by atoms with Gasteiger partial charge in [-0.3, -0.25) is 15.0 Å². The number of benzene rings is 2. The van der Waals surface area contributed by atoms with Gasteiger partial charge >= 0.3 is 0 Å². The molecule has 0 radical (unpaired) electrons. The van der Waals surface area contributed by atoms with Crippen LogP contribution < -0.4 is 0 Å². The Morgan fingerprint density at radius 3 is 2.39 bits per heavy atom. The van der Waals surface area contributed by atoms with Crippen LogP contribution in [0.4, 0.5) is 5.69 Å². The third-order valence-electron chi connectivity index (χ3n) is 4.03. The predicted molar refractivity (Wildman–Crippen MR) is 90.3 cm³/mol. The van der Waals surface area contributed by atoms with Gasteiger partial charge in [0.25, 0.3) is 5.69 Å². The molecule has 2 aromatic rings. The first-order valence-electron chi connectivity index (χ1n) is 7.63. The third-order valence-corrected chi connectivity index (χ3v) is 4.03. The molecule has 0 fully saturated rings. The van der Waals surface area contributed by atoms with Gasteiger partial charge in [-0.05, 0) is 12.6 Å². The highest BCUT2D eigenvalue weighted by Gasteiger charge is 2.20. The van der Waals surface area contributed by atoms with Gasteiger partial charge < -0.3 is 5.11 Å². The van der Waals surface area contributed by atoms with Gasteiger partial charge in [0, 0.05) is 30.6 Å². The molecule has 5 nitrogen and oxygen atoms in total. The van der Waals surface area contributed by atoms with Crippen molar-refractivity contribution in [2.75, 3.05) is 13.6 Å². The Morgan fingerprint density at radius 2 is 1.74 bits per heavy atom. The predicted octanol–water partition coefficient (Wildman–Crippen LogP) is 3.19. The minimum absolute atomic E-state index is 0.00408. The van der Waals surface area contributed by atoms with Crippen LogP contribution in [0.1, 0.15) is 24.0 Å². The number of hydrogen-bond donors (Lipinski definition) is 1. The molecule has 1 N–H and O–H groups in total. The van der Waals surface area contributed by atoms with E-state index in [9.17, 15) is 15.2 Å². The Kier molecular flexibility index (Phi) is 5.84. The maximum Gasteiger partial charge on any atom is 0.273 e. The number of para-hydroxylation sites is 1. The fourth-order valence-electron chi connectivity index (χ4n) is 2.63. The van der Waals surface area contributed by atoms with Crippen molar-refractivity contribution in [2.45, 2.75) is 25.5 Å². The first-order chi connectivity index (χ1) is 11.0. The van der Waals surface area contributed by atoms with E-state index >= 15 is 0 Å². The molecule has 0 aliphatic heterocycles. The Labute approximate surface area is 136 Å². The van der Waals surface area contributed by atoms with Crippen LogP contribution >= 0.6 is 0 Å². The number of hydrogen-bond acceptors (Lipinski definition) is 4. The molecule has 0 aliphatic carbocycles. The standard InChI is InChI=1S/C18H22N2O3/c1-14(15-8-4-3-5-9-15)18(21)13-19(2)12-16-10-6-7-11-17(16)20(22)23/h3-11,14,18,21H,12-13H2,1-2H3. The summed E-state index contributed by atoms with van der Waals surface area (Å²) in [5.74, 6) is 0.00408. The number of nitro groups is 1. The molecule has 0 saturated carbocycles. The summed E-state index contributed by atoms with van der Waals surface area (Å²) in [6.45, 7) is 2.86. The molecular formula is C18H22N2O3. The van der Waals surface area contributed by atoms with Gasteiger partial charge in [-0.1, -0.05) is 55.5 Å². The molecule has 23 heavy (non-hydrogen) atoms. The van der Waals surface area contributed by atoms with E-state index in [1.165, 1.54) is 6.07 Å². The maximum atomic E-state index is 11.1. The maximum absolute atomic E-state index is 11.1. The average Bonchev–Trinajstić information content (AvgIpc) is 2.55. The quantitative estimate of drug-likeness (QED) is 0.629. The summed E-state index contributed by atoms with van der Waals surface area (Å²) in [5, 5.41) is 21.5. The number of nitrogens with zero attached hydrogens (tertiary/aromatic N) is 2. The number of aliphatic hydroxyl groups is 1. The highest BCUT2D eigenvalue weighted by atomic mass is 16.6. The Hall–Kier alpha value is -2.24. The highest BCUT2D eigenvalue weighted by Crippen LogP contribution is 2.22. The summed E-state index contributed by atoms with van der Waals surface area (Å²) in [6, 6.07) is 16.6. The van der Waals surface area contributed by atoms with Crippen LogP contribution in [0.15, 0.2) is 54.6 Å². The number of aliphatic hydroxyl groups excluding tert-OH is 1. The van der Waals surface area contributed by atoms with Crippen LogP contribution in [-0.4, -0.2) is 34.6 Å². The van der Waals surface area contributed by atoms with E-state index in [4.69, 9.17) is 0 Å². The molecular weight excluding hydrogens is 292 g/mol. The first-order valence-corrected chi connectivity index (χ1v) is 7.63. The zero-order valence-electron chi connectivity index (χ0n) is 13.4. The van der Waals surface area contributed by atoms with Crippen LogP contribution in [0.2, 0.25) is 0 Å². The number of nitro benzene ring substituents is 1. The lowest BCUT2D eigenvalue weighted by Crippen LogP contribution is -2.32. The lowest BCUT2D eigenvalue weighted by molar-refractivity contribution is -0.385. The lowest BCUT2D eigenvalue weighted by atomic mass is 9.95. The molecule has 2 aromatic carbocycles. The molecule has 0 spiro atoms. The second-order valence-electron chi connectivity index (χ2n) is 5.85. The molecule has 0 heterocycles. The van der Waals surface area contributed by atoms with Crippen molar-refractivity contribution in [3.8, 4) is 0 Å². The minimum atomic E-state index is -0.537. The summed E-state index contributed by atoms with van der Waals surface area (Å²) >= 11 is 0. The molecule has 5 heteroatoms. The van der Waals surface area contributed by atoms with E-state index in [1.54, 1.807) is 18.2 Å². The van der Waals surface area contributed by atoms with E-state index in [0.29, 0.717) is 18.7 Å². The average molecular weight is 314 g/mol. The minimum Gasteiger partial charge on any atom is -0.391 e. The number of likely N-dealkylation sites (N-methyl/N-ethyl adjacent to an activating group) is 1. The monoisotopic (exact) mass is 314 g/mol. The van der Waals surface area contributed by atoms with E-state index in [2.05, 4.69) is 0 Å². The van der Waals surface area contributed by atoms with Crippen molar-refractivity contribution in [3.63, 3.8) is 0 Å². The summed E-state index contributed by atoms with van der Waals surface area (Å²) < 4.78 is 0. The smallest absolute Gasteiger partial charge is 0.273 e. The van der Waals surface area contributed by atoms with Gasteiger partial charge in [0.2, 0.25) is 0 Å². The summed E-state index contributed by atoms with van der Waals surface area (Å²) in [4.78, 5) is 12.6. The number of rotatable bonds is 7. The van der Waals surface area contributed by atoms with E-state index in [-0.39, 0.29) is 16.5 Å². The lowest BCUT2D eigenvalue weighted by Gasteiger charge is -2.25. The zero-order valence-corrected chi connectivity index (χ0v) is 13.4. The van der Waals surface area contributed by atoms with Gasteiger partial charge in [0.1, 0.15) is 0 Å². The molecule has 0 aromatic heterocycles. The molecule has 2 rings (SSSR count). The summed E-state index contributed by atoms with van der Waals surface area (Å²) in [5.41, 5.74) is 1.85. The van der Waals surface area contributed by atoms with Crippen LogP contribution in [0.5, 0.6) is 0 Å². The van der Waals surface area contributed by atoms with E-state index in [1.807, 2.05) is 49.2 Å². The van der Waals surface area contributed by atoms with Gasteiger partial charge in [-0.15, -0.1) is 0 Å². The summed E-state index contributed by atoms with van der Waals surface area (Å²) in [7, 11) is 1.86. The third kappa shape index (κ3) is 4.61. The highest BCUT2D eigenvalue weighted by molar-refractivity contribution is 5.39. The zero-order chi connectivity index (χ0) is 16.8. The van der Waals surface area contributed by atoms with Crippen LogP contribution in [0, 0.1) is 10.1 Å². The van der Waals surface area contributed by atoms with Gasteiger partial charge in [0.05, 0.1) is 11.0 Å². The Morgan fingerprint density at radius 1 is 1.13 bits per heavy atom. The van der Waals surface area contributed by atoms with E-state index in [0.717, 1.165) is 5.56 Å².